The molecule has 4 nitrogen and oxygen atoms in total. The number of carbonyl (C=O) groups is 2. The molecule has 1 amide bonds. The highest BCUT2D eigenvalue weighted by atomic mass is 19.2. The molecule has 2 rings (SSSR count). The van der Waals surface area contributed by atoms with Gasteiger partial charge in [0.25, 0.3) is 0 Å². The lowest BCUT2D eigenvalue weighted by Crippen LogP contribution is -2.47. The fourth-order valence-corrected chi connectivity index (χ4v) is 3.04. The normalized spacial score (nSPS) is 16.5. The summed E-state index contributed by atoms with van der Waals surface area (Å²) >= 11 is 0. The van der Waals surface area contributed by atoms with Crippen LogP contribution in [0.4, 0.5) is 8.78 Å². The molecular formula is C16H19F2NO3. The zero-order valence-electron chi connectivity index (χ0n) is 12.2. The maximum atomic E-state index is 13.5. The summed E-state index contributed by atoms with van der Waals surface area (Å²) in [5.74, 6) is -3.14. The van der Waals surface area contributed by atoms with Crippen LogP contribution < -0.4 is 5.32 Å². The fraction of sp³-hybridized carbons (Fsp3) is 0.500. The zero-order chi connectivity index (χ0) is 16.2. The van der Waals surface area contributed by atoms with Gasteiger partial charge >= 0.3 is 5.97 Å². The number of rotatable bonds is 6. The van der Waals surface area contributed by atoms with Crippen molar-refractivity contribution in [3.8, 4) is 0 Å². The topological polar surface area (TPSA) is 66.4 Å². The van der Waals surface area contributed by atoms with Crippen LogP contribution in [0.2, 0.25) is 0 Å². The number of hydrogen-bond donors (Lipinski definition) is 2. The third-order valence-corrected chi connectivity index (χ3v) is 4.11. The van der Waals surface area contributed by atoms with E-state index in [9.17, 15) is 18.4 Å². The molecule has 0 bridgehead atoms. The van der Waals surface area contributed by atoms with Gasteiger partial charge in [0.05, 0.1) is 12.0 Å². The first-order valence-corrected chi connectivity index (χ1v) is 7.38. The van der Waals surface area contributed by atoms with Gasteiger partial charge < -0.3 is 10.4 Å². The molecule has 1 aromatic carbocycles. The van der Waals surface area contributed by atoms with E-state index in [0.29, 0.717) is 12.8 Å². The minimum absolute atomic E-state index is 0.00173. The minimum atomic E-state index is -0.946. The van der Waals surface area contributed by atoms with Crippen LogP contribution >= 0.6 is 0 Å². The van der Waals surface area contributed by atoms with Gasteiger partial charge in [-0.25, -0.2) is 8.78 Å². The number of carboxylic acid groups (broad SMARTS) is 1. The minimum Gasteiger partial charge on any atom is -0.481 e. The SMILES string of the molecule is O=C(O)CC1(NC(=O)CCc2cccc(F)c2F)CCCC1. The summed E-state index contributed by atoms with van der Waals surface area (Å²) in [6.07, 6.45) is 3.02. The van der Waals surface area contributed by atoms with Gasteiger partial charge in [0, 0.05) is 6.42 Å². The molecule has 6 heteroatoms. The van der Waals surface area contributed by atoms with Gasteiger partial charge in [-0.05, 0) is 30.9 Å². The van der Waals surface area contributed by atoms with Crippen molar-refractivity contribution in [1.29, 1.82) is 0 Å². The summed E-state index contributed by atoms with van der Waals surface area (Å²) in [5.41, 5.74) is -0.544. The maximum absolute atomic E-state index is 13.5. The molecule has 22 heavy (non-hydrogen) atoms. The van der Waals surface area contributed by atoms with Crippen molar-refractivity contribution >= 4 is 11.9 Å². The first-order chi connectivity index (χ1) is 10.4. The average molecular weight is 311 g/mol. The van der Waals surface area contributed by atoms with Crippen molar-refractivity contribution in [2.75, 3.05) is 0 Å². The Morgan fingerprint density at radius 3 is 2.55 bits per heavy atom. The van der Waals surface area contributed by atoms with Gasteiger partial charge in [-0.1, -0.05) is 25.0 Å². The molecule has 1 saturated carbocycles. The largest absolute Gasteiger partial charge is 0.481 e. The van der Waals surface area contributed by atoms with E-state index in [1.165, 1.54) is 12.1 Å². The molecule has 0 radical (unpaired) electrons. The van der Waals surface area contributed by atoms with Crippen LogP contribution in [0, 0.1) is 11.6 Å². The zero-order valence-corrected chi connectivity index (χ0v) is 12.2. The molecular weight excluding hydrogens is 292 g/mol. The lowest BCUT2D eigenvalue weighted by molar-refractivity contribution is -0.139. The average Bonchev–Trinajstić information content (AvgIpc) is 2.87. The number of nitrogens with one attached hydrogen (secondary N) is 1. The summed E-state index contributed by atoms with van der Waals surface area (Å²) in [7, 11) is 0. The molecule has 0 saturated heterocycles. The number of aryl methyl sites for hydroxylation is 1. The summed E-state index contributed by atoms with van der Waals surface area (Å²) in [4.78, 5) is 23.0. The van der Waals surface area contributed by atoms with Crippen molar-refractivity contribution in [1.82, 2.24) is 5.32 Å². The highest BCUT2D eigenvalue weighted by molar-refractivity contribution is 5.78. The third-order valence-electron chi connectivity index (χ3n) is 4.11. The Hall–Kier alpha value is -1.98. The fourth-order valence-electron chi connectivity index (χ4n) is 3.04. The number of carboxylic acids is 1. The van der Waals surface area contributed by atoms with Crippen molar-refractivity contribution < 1.29 is 23.5 Å². The number of amides is 1. The second-order valence-corrected chi connectivity index (χ2v) is 5.82. The molecule has 0 unspecified atom stereocenters. The molecule has 120 valence electrons. The van der Waals surface area contributed by atoms with Gasteiger partial charge in [0.15, 0.2) is 11.6 Å². The van der Waals surface area contributed by atoms with Crippen molar-refractivity contribution in [2.45, 2.75) is 50.5 Å². The lowest BCUT2D eigenvalue weighted by Gasteiger charge is -2.28. The molecule has 0 aliphatic heterocycles. The highest BCUT2D eigenvalue weighted by Gasteiger charge is 2.37. The van der Waals surface area contributed by atoms with Gasteiger partial charge in [-0.2, -0.15) is 0 Å². The van der Waals surface area contributed by atoms with E-state index in [4.69, 9.17) is 5.11 Å². The second-order valence-electron chi connectivity index (χ2n) is 5.82. The smallest absolute Gasteiger partial charge is 0.305 e. The standard InChI is InChI=1S/C16H19F2NO3/c17-12-5-3-4-11(15(12)18)6-7-13(20)19-16(10-14(21)22)8-1-2-9-16/h3-5H,1-2,6-10H2,(H,19,20)(H,21,22). The monoisotopic (exact) mass is 311 g/mol. The predicted molar refractivity (Wildman–Crippen MR) is 76.3 cm³/mol. The van der Waals surface area contributed by atoms with E-state index >= 15 is 0 Å². The van der Waals surface area contributed by atoms with Crippen LogP contribution in [0.5, 0.6) is 0 Å². The molecule has 1 aromatic rings. The molecule has 0 heterocycles. The van der Waals surface area contributed by atoms with Crippen LogP contribution in [0.25, 0.3) is 0 Å². The summed E-state index contributed by atoms with van der Waals surface area (Å²) < 4.78 is 26.6. The van der Waals surface area contributed by atoms with E-state index in [0.717, 1.165) is 18.9 Å². The Bertz CT molecular complexity index is 569. The van der Waals surface area contributed by atoms with Crippen molar-refractivity contribution in [3.63, 3.8) is 0 Å². The van der Waals surface area contributed by atoms with Crippen LogP contribution in [0.15, 0.2) is 18.2 Å². The molecule has 0 spiro atoms. The maximum Gasteiger partial charge on any atom is 0.305 e. The van der Waals surface area contributed by atoms with E-state index < -0.39 is 23.1 Å². The number of carbonyl (C=O) groups excluding carboxylic acids is 1. The predicted octanol–water partition coefficient (Wildman–Crippen LogP) is 2.80. The van der Waals surface area contributed by atoms with E-state index in [1.54, 1.807) is 0 Å². The molecule has 2 N–H and O–H groups in total. The Morgan fingerprint density at radius 1 is 1.23 bits per heavy atom. The van der Waals surface area contributed by atoms with Crippen LogP contribution in [-0.2, 0) is 16.0 Å². The summed E-state index contributed by atoms with van der Waals surface area (Å²) in [6.45, 7) is 0. The molecule has 0 aromatic heterocycles. The van der Waals surface area contributed by atoms with Crippen LogP contribution in [0.3, 0.4) is 0 Å². The Kier molecular flexibility index (Phi) is 5.11. The third kappa shape index (κ3) is 4.02. The molecule has 1 fully saturated rings. The van der Waals surface area contributed by atoms with Gasteiger partial charge in [0.2, 0.25) is 5.91 Å². The van der Waals surface area contributed by atoms with Gasteiger partial charge in [-0.3, -0.25) is 9.59 Å². The number of halogens is 2. The van der Waals surface area contributed by atoms with E-state index in [1.807, 2.05) is 0 Å². The molecule has 1 aliphatic rings. The van der Waals surface area contributed by atoms with E-state index in [2.05, 4.69) is 5.32 Å². The van der Waals surface area contributed by atoms with E-state index in [-0.39, 0.29) is 30.7 Å². The Morgan fingerprint density at radius 2 is 1.91 bits per heavy atom. The van der Waals surface area contributed by atoms with Crippen LogP contribution in [0.1, 0.15) is 44.1 Å². The number of hydrogen-bond acceptors (Lipinski definition) is 2. The Labute approximate surface area is 127 Å². The summed E-state index contributed by atoms with van der Waals surface area (Å²) in [5, 5.41) is 11.8. The van der Waals surface area contributed by atoms with Crippen LogP contribution in [-0.4, -0.2) is 22.5 Å². The first kappa shape index (κ1) is 16.4. The quantitative estimate of drug-likeness (QED) is 0.849. The van der Waals surface area contributed by atoms with Crippen molar-refractivity contribution in [3.05, 3.63) is 35.4 Å². The van der Waals surface area contributed by atoms with Crippen molar-refractivity contribution in [2.24, 2.45) is 0 Å². The van der Waals surface area contributed by atoms with Gasteiger partial charge in [0.1, 0.15) is 0 Å². The highest BCUT2D eigenvalue weighted by Crippen LogP contribution is 2.32. The second kappa shape index (κ2) is 6.85. The molecule has 1 aliphatic carbocycles. The first-order valence-electron chi connectivity index (χ1n) is 7.38. The number of benzene rings is 1. The number of aliphatic carboxylic acids is 1. The van der Waals surface area contributed by atoms with Gasteiger partial charge in [-0.15, -0.1) is 0 Å². The lowest BCUT2D eigenvalue weighted by atomic mass is 9.92. The summed E-state index contributed by atoms with van der Waals surface area (Å²) in [6, 6.07) is 3.86. The Balaban J connectivity index is 1.94. The molecule has 0 atom stereocenters.